The summed E-state index contributed by atoms with van der Waals surface area (Å²) in [5, 5.41) is 5.57. The molecule has 4 aromatic carbocycles. The van der Waals surface area contributed by atoms with E-state index in [0.29, 0.717) is 11.6 Å². The number of anilines is 1. The van der Waals surface area contributed by atoms with Gasteiger partial charge in [-0.15, -0.1) is 0 Å². The lowest BCUT2D eigenvalue weighted by Crippen LogP contribution is -1.99. The summed E-state index contributed by atoms with van der Waals surface area (Å²) in [4.78, 5) is 0. The van der Waals surface area contributed by atoms with E-state index < -0.39 is 0 Å². The minimum absolute atomic E-state index is 0.532. The van der Waals surface area contributed by atoms with E-state index in [9.17, 15) is 0 Å². The van der Waals surface area contributed by atoms with Gasteiger partial charge in [-0.25, -0.2) is 4.68 Å². The Bertz CT molecular complexity index is 1340. The van der Waals surface area contributed by atoms with Crippen LogP contribution < -0.4 is 10.5 Å². The highest BCUT2D eigenvalue weighted by atomic mass is 35.5. The third-order valence-corrected chi connectivity index (χ3v) is 5.64. The van der Waals surface area contributed by atoms with Crippen LogP contribution in [-0.2, 0) is 6.61 Å². The standard InChI is InChI=1S/C28H22ClN3O/c29-23-10-14-25(15-11-23)32-28(18-27(31-32)21-6-12-24(30)13-7-21)22-8-16-26(17-9-22)33-19-20-4-2-1-3-5-20/h1-18H,19,30H2. The molecule has 0 atom stereocenters. The van der Waals surface area contributed by atoms with Gasteiger partial charge in [-0.05, 0) is 72.3 Å². The zero-order chi connectivity index (χ0) is 22.6. The Balaban J connectivity index is 1.48. The quantitative estimate of drug-likeness (QED) is 0.282. The first-order valence-corrected chi connectivity index (χ1v) is 11.0. The van der Waals surface area contributed by atoms with Crippen LogP contribution in [0.3, 0.4) is 0 Å². The Kier molecular flexibility index (Phi) is 5.83. The van der Waals surface area contributed by atoms with Crippen LogP contribution in [0.2, 0.25) is 5.02 Å². The monoisotopic (exact) mass is 451 g/mol. The third-order valence-electron chi connectivity index (χ3n) is 5.39. The fraction of sp³-hybridized carbons (Fsp3) is 0.0357. The summed E-state index contributed by atoms with van der Waals surface area (Å²) in [5.74, 6) is 0.818. The summed E-state index contributed by atoms with van der Waals surface area (Å²) in [6.07, 6.45) is 0. The van der Waals surface area contributed by atoms with Crippen molar-refractivity contribution in [3.63, 3.8) is 0 Å². The first kappa shape index (κ1) is 20.9. The van der Waals surface area contributed by atoms with Gasteiger partial charge in [0.2, 0.25) is 0 Å². The molecule has 0 radical (unpaired) electrons. The lowest BCUT2D eigenvalue weighted by molar-refractivity contribution is 0.306. The van der Waals surface area contributed by atoms with E-state index in [1.54, 1.807) is 0 Å². The van der Waals surface area contributed by atoms with Gasteiger partial charge in [0.1, 0.15) is 12.4 Å². The molecule has 0 unspecified atom stereocenters. The predicted molar refractivity (Wildman–Crippen MR) is 135 cm³/mol. The van der Waals surface area contributed by atoms with Crippen molar-refractivity contribution in [3.8, 4) is 34.0 Å². The van der Waals surface area contributed by atoms with Crippen molar-refractivity contribution in [1.29, 1.82) is 0 Å². The molecule has 0 aliphatic rings. The molecule has 5 aromatic rings. The maximum absolute atomic E-state index is 6.11. The summed E-state index contributed by atoms with van der Waals surface area (Å²) < 4.78 is 7.88. The van der Waals surface area contributed by atoms with Crippen LogP contribution in [0.5, 0.6) is 5.75 Å². The highest BCUT2D eigenvalue weighted by Gasteiger charge is 2.13. The summed E-state index contributed by atoms with van der Waals surface area (Å²) >= 11 is 6.11. The average Bonchev–Trinajstić information content (AvgIpc) is 3.30. The summed E-state index contributed by atoms with van der Waals surface area (Å²) in [5.41, 5.74) is 12.5. The number of nitrogens with zero attached hydrogens (tertiary/aromatic N) is 2. The minimum Gasteiger partial charge on any atom is -0.489 e. The zero-order valence-corrected chi connectivity index (χ0v) is 18.6. The molecule has 0 aliphatic heterocycles. The molecule has 0 saturated carbocycles. The number of rotatable bonds is 6. The Hall–Kier alpha value is -4.02. The van der Waals surface area contributed by atoms with Crippen molar-refractivity contribution < 1.29 is 4.74 Å². The van der Waals surface area contributed by atoms with Crippen molar-refractivity contribution >= 4 is 17.3 Å². The molecule has 0 fully saturated rings. The second-order valence-electron chi connectivity index (χ2n) is 7.72. The van der Waals surface area contributed by atoms with Crippen LogP contribution in [0.15, 0.2) is 109 Å². The Morgan fingerprint density at radius 1 is 0.758 bits per heavy atom. The van der Waals surface area contributed by atoms with Crippen LogP contribution in [0.1, 0.15) is 5.56 Å². The van der Waals surface area contributed by atoms with E-state index in [-0.39, 0.29) is 0 Å². The van der Waals surface area contributed by atoms with Gasteiger partial charge in [-0.3, -0.25) is 0 Å². The molecule has 0 aliphatic carbocycles. The molecule has 2 N–H and O–H groups in total. The second-order valence-corrected chi connectivity index (χ2v) is 8.16. The molecule has 4 nitrogen and oxygen atoms in total. The lowest BCUT2D eigenvalue weighted by atomic mass is 10.1. The molecule has 33 heavy (non-hydrogen) atoms. The maximum atomic E-state index is 6.11. The zero-order valence-electron chi connectivity index (χ0n) is 17.9. The average molecular weight is 452 g/mol. The van der Waals surface area contributed by atoms with Crippen LogP contribution in [0.4, 0.5) is 5.69 Å². The fourth-order valence-electron chi connectivity index (χ4n) is 3.62. The van der Waals surface area contributed by atoms with E-state index in [1.165, 1.54) is 0 Å². The number of aromatic nitrogens is 2. The first-order valence-electron chi connectivity index (χ1n) is 10.6. The van der Waals surface area contributed by atoms with Gasteiger partial charge in [0.25, 0.3) is 0 Å². The van der Waals surface area contributed by atoms with E-state index in [1.807, 2.05) is 83.5 Å². The van der Waals surface area contributed by atoms with E-state index in [4.69, 9.17) is 27.2 Å². The molecule has 0 amide bonds. The Labute approximate surface area is 197 Å². The van der Waals surface area contributed by atoms with Crippen molar-refractivity contribution in [3.05, 3.63) is 120 Å². The molecular formula is C28H22ClN3O. The SMILES string of the molecule is Nc1ccc(-c2cc(-c3ccc(OCc4ccccc4)cc3)n(-c3ccc(Cl)cc3)n2)cc1. The van der Waals surface area contributed by atoms with Crippen molar-refractivity contribution in [2.24, 2.45) is 0 Å². The van der Waals surface area contributed by atoms with E-state index in [0.717, 1.165) is 45.2 Å². The fourth-order valence-corrected chi connectivity index (χ4v) is 3.75. The van der Waals surface area contributed by atoms with Crippen molar-refractivity contribution in [2.75, 3.05) is 5.73 Å². The minimum atomic E-state index is 0.532. The van der Waals surface area contributed by atoms with Crippen molar-refractivity contribution in [1.82, 2.24) is 9.78 Å². The van der Waals surface area contributed by atoms with Gasteiger partial charge in [0.15, 0.2) is 0 Å². The normalized spacial score (nSPS) is 10.8. The largest absolute Gasteiger partial charge is 0.489 e. The summed E-state index contributed by atoms with van der Waals surface area (Å²) in [6, 6.07) is 35.7. The lowest BCUT2D eigenvalue weighted by Gasteiger charge is -2.10. The first-order chi connectivity index (χ1) is 16.2. The van der Waals surface area contributed by atoms with Gasteiger partial charge < -0.3 is 10.5 Å². The molecule has 5 heteroatoms. The highest BCUT2D eigenvalue weighted by Crippen LogP contribution is 2.30. The molecule has 0 bridgehead atoms. The van der Waals surface area contributed by atoms with Crippen molar-refractivity contribution in [2.45, 2.75) is 6.61 Å². The predicted octanol–water partition coefficient (Wildman–Crippen LogP) is 7.02. The number of nitrogens with two attached hydrogens (primary N) is 1. The third kappa shape index (κ3) is 4.76. The van der Waals surface area contributed by atoms with Gasteiger partial charge in [-0.1, -0.05) is 54.1 Å². The highest BCUT2D eigenvalue weighted by molar-refractivity contribution is 6.30. The number of halogens is 1. The van der Waals surface area contributed by atoms with E-state index >= 15 is 0 Å². The van der Waals surface area contributed by atoms with Crippen LogP contribution >= 0.6 is 11.6 Å². The topological polar surface area (TPSA) is 53.1 Å². The molecule has 5 rings (SSSR count). The molecule has 1 aromatic heterocycles. The number of hydrogen-bond donors (Lipinski definition) is 1. The molecule has 0 saturated heterocycles. The number of hydrogen-bond acceptors (Lipinski definition) is 3. The second kappa shape index (κ2) is 9.23. The summed E-state index contributed by atoms with van der Waals surface area (Å²) in [7, 11) is 0. The van der Waals surface area contributed by atoms with Crippen LogP contribution in [0, 0.1) is 0 Å². The van der Waals surface area contributed by atoms with Gasteiger partial charge in [0.05, 0.1) is 17.1 Å². The van der Waals surface area contributed by atoms with Gasteiger partial charge in [-0.2, -0.15) is 5.10 Å². The molecular weight excluding hydrogens is 430 g/mol. The Morgan fingerprint density at radius 2 is 1.42 bits per heavy atom. The van der Waals surface area contributed by atoms with Gasteiger partial charge in [0, 0.05) is 21.8 Å². The number of nitrogen functional groups attached to an aromatic ring is 1. The smallest absolute Gasteiger partial charge is 0.119 e. The number of benzene rings is 4. The van der Waals surface area contributed by atoms with E-state index in [2.05, 4.69) is 30.3 Å². The summed E-state index contributed by atoms with van der Waals surface area (Å²) in [6.45, 7) is 0.532. The number of ether oxygens (including phenoxy) is 1. The maximum Gasteiger partial charge on any atom is 0.119 e. The van der Waals surface area contributed by atoms with Gasteiger partial charge >= 0.3 is 0 Å². The van der Waals surface area contributed by atoms with Crippen LogP contribution in [0.25, 0.3) is 28.2 Å². The Morgan fingerprint density at radius 3 is 2.12 bits per heavy atom. The van der Waals surface area contributed by atoms with Crippen LogP contribution in [-0.4, -0.2) is 9.78 Å². The molecule has 0 spiro atoms. The molecule has 1 heterocycles. The molecule has 162 valence electrons.